The average molecular weight is 317 g/mol. The summed E-state index contributed by atoms with van der Waals surface area (Å²) in [5.41, 5.74) is 1.35. The van der Waals surface area contributed by atoms with E-state index in [4.69, 9.17) is 0 Å². The number of H-pyrrole nitrogens is 1. The van der Waals surface area contributed by atoms with Crippen molar-refractivity contribution in [2.45, 2.75) is 25.3 Å². The Morgan fingerprint density at radius 1 is 1.17 bits per heavy atom. The first kappa shape index (κ1) is 15.8. The van der Waals surface area contributed by atoms with Gasteiger partial charge < -0.3 is 10.3 Å². The minimum absolute atomic E-state index is 0.170. The van der Waals surface area contributed by atoms with Gasteiger partial charge in [-0.1, -0.05) is 48.5 Å². The lowest BCUT2D eigenvalue weighted by Crippen LogP contribution is -2.42. The molecule has 1 aromatic heterocycles. The van der Waals surface area contributed by atoms with E-state index in [1.807, 2.05) is 61.5 Å². The number of hydrogen-bond acceptors (Lipinski definition) is 2. The fourth-order valence-corrected chi connectivity index (χ4v) is 2.88. The summed E-state index contributed by atoms with van der Waals surface area (Å²) in [4.78, 5) is 16.0. The van der Waals surface area contributed by atoms with Crippen LogP contribution in [0.25, 0.3) is 10.9 Å². The van der Waals surface area contributed by atoms with Crippen LogP contribution in [-0.4, -0.2) is 10.9 Å². The van der Waals surface area contributed by atoms with Gasteiger partial charge in [-0.3, -0.25) is 4.79 Å². The van der Waals surface area contributed by atoms with Crippen molar-refractivity contribution in [3.63, 3.8) is 0 Å². The molecule has 2 atom stereocenters. The van der Waals surface area contributed by atoms with Crippen LogP contribution in [0.4, 0.5) is 0 Å². The molecule has 3 aromatic rings. The SMILES string of the molecule is C[C@@H](NC(=O)[C@](C)(C#N)c1c[nH]c2ccccc12)c1ccccc1. The van der Waals surface area contributed by atoms with E-state index in [9.17, 15) is 10.1 Å². The number of nitriles is 1. The third-order valence-corrected chi connectivity index (χ3v) is 4.45. The second-order valence-electron chi connectivity index (χ2n) is 6.09. The van der Waals surface area contributed by atoms with E-state index in [1.165, 1.54) is 0 Å². The number of fused-ring (bicyclic) bond motifs is 1. The lowest BCUT2D eigenvalue weighted by molar-refractivity contribution is -0.125. The van der Waals surface area contributed by atoms with Crippen LogP contribution in [0.5, 0.6) is 0 Å². The average Bonchev–Trinajstić information content (AvgIpc) is 3.06. The van der Waals surface area contributed by atoms with Gasteiger partial charge >= 0.3 is 0 Å². The van der Waals surface area contributed by atoms with Gasteiger partial charge in [0.25, 0.3) is 0 Å². The number of para-hydroxylation sites is 1. The lowest BCUT2D eigenvalue weighted by atomic mass is 9.82. The van der Waals surface area contributed by atoms with Crippen LogP contribution in [0.2, 0.25) is 0 Å². The maximum absolute atomic E-state index is 12.9. The van der Waals surface area contributed by atoms with E-state index in [0.717, 1.165) is 16.5 Å². The number of nitrogens with zero attached hydrogens (tertiary/aromatic N) is 1. The zero-order valence-corrected chi connectivity index (χ0v) is 13.7. The highest BCUT2D eigenvalue weighted by Gasteiger charge is 2.38. The maximum atomic E-state index is 12.9. The molecule has 0 saturated carbocycles. The van der Waals surface area contributed by atoms with Crippen molar-refractivity contribution in [1.82, 2.24) is 10.3 Å². The van der Waals surface area contributed by atoms with E-state index in [0.29, 0.717) is 5.56 Å². The minimum Gasteiger partial charge on any atom is -0.361 e. The number of rotatable bonds is 4. The van der Waals surface area contributed by atoms with Crippen LogP contribution in [0.1, 0.15) is 31.0 Å². The molecule has 0 fully saturated rings. The number of nitrogens with one attached hydrogen (secondary N) is 2. The summed E-state index contributed by atoms with van der Waals surface area (Å²) < 4.78 is 0. The van der Waals surface area contributed by atoms with Crippen molar-refractivity contribution in [1.29, 1.82) is 5.26 Å². The molecular weight excluding hydrogens is 298 g/mol. The second-order valence-corrected chi connectivity index (χ2v) is 6.09. The van der Waals surface area contributed by atoms with Gasteiger partial charge in [-0.15, -0.1) is 0 Å². The number of aromatic amines is 1. The van der Waals surface area contributed by atoms with Crippen molar-refractivity contribution in [2.75, 3.05) is 0 Å². The molecule has 120 valence electrons. The Hall–Kier alpha value is -3.06. The van der Waals surface area contributed by atoms with Crippen molar-refractivity contribution in [3.8, 4) is 6.07 Å². The summed E-state index contributed by atoms with van der Waals surface area (Å²) in [6.45, 7) is 3.58. The van der Waals surface area contributed by atoms with Crippen LogP contribution in [0, 0.1) is 11.3 Å². The first-order chi connectivity index (χ1) is 11.6. The highest BCUT2D eigenvalue weighted by Crippen LogP contribution is 2.31. The van der Waals surface area contributed by atoms with Crippen LogP contribution in [0.15, 0.2) is 60.8 Å². The number of carbonyl (C=O) groups is 1. The molecule has 4 nitrogen and oxygen atoms in total. The Morgan fingerprint density at radius 3 is 2.54 bits per heavy atom. The van der Waals surface area contributed by atoms with Crippen molar-refractivity contribution < 1.29 is 4.79 Å². The quantitative estimate of drug-likeness (QED) is 0.768. The number of hydrogen-bond donors (Lipinski definition) is 2. The zero-order valence-electron chi connectivity index (χ0n) is 13.7. The summed E-state index contributed by atoms with van der Waals surface area (Å²) >= 11 is 0. The molecule has 0 unspecified atom stereocenters. The minimum atomic E-state index is -1.26. The summed E-state index contributed by atoms with van der Waals surface area (Å²) in [6.07, 6.45) is 1.75. The van der Waals surface area contributed by atoms with Crippen molar-refractivity contribution >= 4 is 16.8 Å². The predicted molar refractivity (Wildman–Crippen MR) is 94.3 cm³/mol. The smallest absolute Gasteiger partial charge is 0.245 e. The molecule has 4 heteroatoms. The number of benzene rings is 2. The highest BCUT2D eigenvalue weighted by atomic mass is 16.2. The van der Waals surface area contributed by atoms with E-state index >= 15 is 0 Å². The summed E-state index contributed by atoms with van der Waals surface area (Å²) in [7, 11) is 0. The van der Waals surface area contributed by atoms with Gasteiger partial charge in [-0.2, -0.15) is 5.26 Å². The van der Waals surface area contributed by atoms with Crippen molar-refractivity contribution in [2.24, 2.45) is 0 Å². The van der Waals surface area contributed by atoms with Gasteiger partial charge in [0.15, 0.2) is 5.41 Å². The second kappa shape index (κ2) is 6.21. The molecule has 24 heavy (non-hydrogen) atoms. The third kappa shape index (κ3) is 2.65. The van der Waals surface area contributed by atoms with E-state index in [2.05, 4.69) is 16.4 Å². The molecule has 0 radical (unpaired) electrons. The standard InChI is InChI=1S/C20H19N3O/c1-14(15-8-4-3-5-9-15)23-19(24)20(2,13-21)17-12-22-18-11-7-6-10-16(17)18/h3-12,14,22H,1-2H3,(H,23,24)/t14-,20-/m1/s1. The third-order valence-electron chi connectivity index (χ3n) is 4.45. The summed E-state index contributed by atoms with van der Waals surface area (Å²) in [5, 5.41) is 13.6. The van der Waals surface area contributed by atoms with E-state index in [-0.39, 0.29) is 11.9 Å². The Morgan fingerprint density at radius 2 is 1.83 bits per heavy atom. The van der Waals surface area contributed by atoms with Crippen LogP contribution >= 0.6 is 0 Å². The van der Waals surface area contributed by atoms with Gasteiger partial charge in [-0.25, -0.2) is 0 Å². The van der Waals surface area contributed by atoms with Gasteiger partial charge in [0.2, 0.25) is 5.91 Å². The Balaban J connectivity index is 1.92. The Kier molecular flexibility index (Phi) is 4.09. The normalized spacial score (nSPS) is 14.5. The van der Waals surface area contributed by atoms with E-state index in [1.54, 1.807) is 13.1 Å². The molecule has 0 bridgehead atoms. The summed E-state index contributed by atoms with van der Waals surface area (Å²) in [5.74, 6) is -0.300. The largest absolute Gasteiger partial charge is 0.361 e. The molecular formula is C20H19N3O. The van der Waals surface area contributed by atoms with Gasteiger partial charge in [0.1, 0.15) is 0 Å². The zero-order chi connectivity index (χ0) is 17.2. The number of aromatic nitrogens is 1. The monoisotopic (exact) mass is 317 g/mol. The van der Waals surface area contributed by atoms with Gasteiger partial charge in [-0.05, 0) is 25.5 Å². The fourth-order valence-electron chi connectivity index (χ4n) is 2.88. The number of carbonyl (C=O) groups excluding carboxylic acids is 1. The lowest BCUT2D eigenvalue weighted by Gasteiger charge is -2.23. The molecule has 0 aliphatic rings. The van der Waals surface area contributed by atoms with Crippen LogP contribution < -0.4 is 5.32 Å². The first-order valence-corrected chi connectivity index (χ1v) is 7.90. The van der Waals surface area contributed by atoms with Gasteiger partial charge in [0.05, 0.1) is 12.1 Å². The van der Waals surface area contributed by atoms with E-state index < -0.39 is 5.41 Å². The molecule has 0 spiro atoms. The molecule has 2 aromatic carbocycles. The summed E-state index contributed by atoms with van der Waals surface area (Å²) in [6, 6.07) is 19.4. The molecule has 2 N–H and O–H groups in total. The Labute approximate surface area is 141 Å². The van der Waals surface area contributed by atoms with Crippen LogP contribution in [-0.2, 0) is 10.2 Å². The molecule has 0 aliphatic carbocycles. The molecule has 0 aliphatic heterocycles. The van der Waals surface area contributed by atoms with Crippen molar-refractivity contribution in [3.05, 3.63) is 71.9 Å². The maximum Gasteiger partial charge on any atom is 0.245 e. The number of amides is 1. The molecule has 0 saturated heterocycles. The Bertz CT molecular complexity index is 907. The van der Waals surface area contributed by atoms with Gasteiger partial charge in [0, 0.05) is 22.7 Å². The van der Waals surface area contributed by atoms with Crippen LogP contribution in [0.3, 0.4) is 0 Å². The predicted octanol–water partition coefficient (Wildman–Crippen LogP) is 3.83. The first-order valence-electron chi connectivity index (χ1n) is 7.90. The fraction of sp³-hybridized carbons (Fsp3) is 0.200. The molecule has 1 heterocycles. The molecule has 1 amide bonds. The highest BCUT2D eigenvalue weighted by molar-refractivity contribution is 5.97. The topological polar surface area (TPSA) is 68.7 Å². The molecule has 3 rings (SSSR count).